The number of thiophene rings is 1. The van der Waals surface area contributed by atoms with Crippen molar-refractivity contribution in [3.8, 4) is 5.75 Å². The van der Waals surface area contributed by atoms with Crippen molar-refractivity contribution in [1.29, 1.82) is 0 Å². The van der Waals surface area contributed by atoms with E-state index >= 15 is 0 Å². The molecule has 1 unspecified atom stereocenters. The van der Waals surface area contributed by atoms with E-state index in [1.54, 1.807) is 6.92 Å². The van der Waals surface area contributed by atoms with Gasteiger partial charge in [-0.15, -0.1) is 11.3 Å². The van der Waals surface area contributed by atoms with Gasteiger partial charge >= 0.3 is 0 Å². The number of hydrogen-bond acceptors (Lipinski definition) is 5. The molecule has 1 N–H and O–H groups in total. The molecule has 27 heavy (non-hydrogen) atoms. The number of amides is 2. The first-order valence-electron chi connectivity index (χ1n) is 9.18. The van der Waals surface area contributed by atoms with Gasteiger partial charge in [-0.3, -0.25) is 14.5 Å². The lowest BCUT2D eigenvalue weighted by molar-refractivity contribution is -0.139. The number of para-hydroxylation sites is 1. The third-order valence-electron chi connectivity index (χ3n) is 4.55. The molecule has 2 aromatic rings. The van der Waals surface area contributed by atoms with Crippen molar-refractivity contribution < 1.29 is 14.3 Å². The highest BCUT2D eigenvalue weighted by molar-refractivity contribution is 7.12. The van der Waals surface area contributed by atoms with Crippen LogP contribution in [0.25, 0.3) is 0 Å². The lowest BCUT2D eigenvalue weighted by Gasteiger charge is -2.35. The van der Waals surface area contributed by atoms with Crippen molar-refractivity contribution >= 4 is 23.2 Å². The summed E-state index contributed by atoms with van der Waals surface area (Å²) in [6.45, 7) is 6.16. The number of carbonyl (C=O) groups is 2. The van der Waals surface area contributed by atoms with Crippen LogP contribution < -0.4 is 10.1 Å². The Morgan fingerprint density at radius 1 is 1.11 bits per heavy atom. The van der Waals surface area contributed by atoms with Crippen LogP contribution >= 0.6 is 11.3 Å². The molecule has 0 saturated carbocycles. The van der Waals surface area contributed by atoms with E-state index in [1.807, 2.05) is 52.7 Å². The minimum atomic E-state index is -0.496. The van der Waals surface area contributed by atoms with Gasteiger partial charge in [-0.25, -0.2) is 0 Å². The summed E-state index contributed by atoms with van der Waals surface area (Å²) in [6, 6.07) is 13.1. The summed E-state index contributed by atoms with van der Waals surface area (Å²) in [5.74, 6) is 0.702. The van der Waals surface area contributed by atoms with Gasteiger partial charge < -0.3 is 15.0 Å². The number of carbonyl (C=O) groups excluding carboxylic acids is 2. The summed E-state index contributed by atoms with van der Waals surface area (Å²) in [5, 5.41) is 4.84. The minimum absolute atomic E-state index is 0.0181. The van der Waals surface area contributed by atoms with E-state index in [0.717, 1.165) is 24.5 Å². The molecule has 1 aromatic carbocycles. The van der Waals surface area contributed by atoms with Crippen LogP contribution in [0.1, 0.15) is 16.6 Å². The largest absolute Gasteiger partial charge is 0.481 e. The Balaban J connectivity index is 1.36. The molecule has 1 aliphatic rings. The van der Waals surface area contributed by atoms with Crippen LogP contribution in [0.2, 0.25) is 0 Å². The zero-order chi connectivity index (χ0) is 19.1. The molecule has 0 aliphatic carbocycles. The molecular formula is C20H25N3O3S. The molecule has 144 valence electrons. The second-order valence-corrected chi connectivity index (χ2v) is 7.42. The van der Waals surface area contributed by atoms with E-state index < -0.39 is 6.10 Å². The van der Waals surface area contributed by atoms with Gasteiger partial charge in [0.25, 0.3) is 11.8 Å². The summed E-state index contributed by atoms with van der Waals surface area (Å²) < 4.78 is 5.73. The molecule has 0 radical (unpaired) electrons. The van der Waals surface area contributed by atoms with E-state index in [1.165, 1.54) is 11.3 Å². The number of piperazine rings is 1. The summed E-state index contributed by atoms with van der Waals surface area (Å²) in [5.41, 5.74) is 0. The SMILES string of the molecule is CC(Oc1ccccc1)C(=O)N1CCN(CCNC(=O)c2cccs2)CC1. The van der Waals surface area contributed by atoms with Gasteiger partial charge in [0.15, 0.2) is 6.10 Å². The monoisotopic (exact) mass is 387 g/mol. The molecule has 7 heteroatoms. The molecule has 2 heterocycles. The molecule has 6 nitrogen and oxygen atoms in total. The lowest BCUT2D eigenvalue weighted by Crippen LogP contribution is -2.52. The molecule has 3 rings (SSSR count). The zero-order valence-electron chi connectivity index (χ0n) is 15.5. The van der Waals surface area contributed by atoms with Crippen LogP contribution in [0, 0.1) is 0 Å². The second kappa shape index (κ2) is 9.53. The predicted molar refractivity (Wildman–Crippen MR) is 106 cm³/mol. The van der Waals surface area contributed by atoms with Crippen molar-refractivity contribution in [1.82, 2.24) is 15.1 Å². The van der Waals surface area contributed by atoms with Gasteiger partial charge in [-0.2, -0.15) is 0 Å². The minimum Gasteiger partial charge on any atom is -0.481 e. The molecule has 0 spiro atoms. The highest BCUT2D eigenvalue weighted by atomic mass is 32.1. The van der Waals surface area contributed by atoms with Crippen molar-refractivity contribution in [2.45, 2.75) is 13.0 Å². The van der Waals surface area contributed by atoms with Crippen LogP contribution in [-0.4, -0.2) is 67.0 Å². The van der Waals surface area contributed by atoms with Crippen molar-refractivity contribution in [2.75, 3.05) is 39.3 Å². The number of nitrogens with zero attached hydrogens (tertiary/aromatic N) is 2. The van der Waals surface area contributed by atoms with Gasteiger partial charge in [0, 0.05) is 39.3 Å². The quantitative estimate of drug-likeness (QED) is 0.790. The lowest BCUT2D eigenvalue weighted by atomic mass is 10.2. The van der Waals surface area contributed by atoms with Gasteiger partial charge in [0.1, 0.15) is 5.75 Å². The van der Waals surface area contributed by atoms with Crippen LogP contribution in [0.3, 0.4) is 0 Å². The Hall–Kier alpha value is -2.38. The number of ether oxygens (including phenoxy) is 1. The van der Waals surface area contributed by atoms with Crippen LogP contribution in [0.5, 0.6) is 5.75 Å². The third-order valence-corrected chi connectivity index (χ3v) is 5.41. The molecule has 1 atom stereocenters. The van der Waals surface area contributed by atoms with Gasteiger partial charge in [-0.05, 0) is 30.5 Å². The maximum Gasteiger partial charge on any atom is 0.263 e. The normalized spacial score (nSPS) is 16.0. The fourth-order valence-corrected chi connectivity index (χ4v) is 3.67. The fourth-order valence-electron chi connectivity index (χ4n) is 3.02. The van der Waals surface area contributed by atoms with E-state index in [4.69, 9.17) is 4.74 Å². The molecule has 2 amide bonds. The highest BCUT2D eigenvalue weighted by Gasteiger charge is 2.25. The maximum atomic E-state index is 12.6. The maximum absolute atomic E-state index is 12.6. The highest BCUT2D eigenvalue weighted by Crippen LogP contribution is 2.13. The van der Waals surface area contributed by atoms with E-state index in [9.17, 15) is 9.59 Å². The fraction of sp³-hybridized carbons (Fsp3) is 0.400. The Morgan fingerprint density at radius 2 is 1.85 bits per heavy atom. The molecular weight excluding hydrogens is 362 g/mol. The molecule has 1 aliphatic heterocycles. The smallest absolute Gasteiger partial charge is 0.263 e. The van der Waals surface area contributed by atoms with Crippen molar-refractivity contribution in [3.63, 3.8) is 0 Å². The Kier molecular flexibility index (Phi) is 6.84. The van der Waals surface area contributed by atoms with E-state index in [0.29, 0.717) is 25.4 Å². The third kappa shape index (κ3) is 5.55. The van der Waals surface area contributed by atoms with Crippen molar-refractivity contribution in [3.05, 3.63) is 52.7 Å². The van der Waals surface area contributed by atoms with Gasteiger partial charge in [-0.1, -0.05) is 24.3 Å². The van der Waals surface area contributed by atoms with Crippen LogP contribution in [0.4, 0.5) is 0 Å². The Labute approximate surface area is 163 Å². The standard InChI is InChI=1S/C20H25N3O3S/c1-16(26-17-6-3-2-4-7-17)20(25)23-13-11-22(12-14-23)10-9-21-19(24)18-8-5-15-27-18/h2-8,15-16H,9-14H2,1H3,(H,21,24). The summed E-state index contributed by atoms with van der Waals surface area (Å²) >= 11 is 1.44. The first-order chi connectivity index (χ1) is 13.1. The van der Waals surface area contributed by atoms with Crippen LogP contribution in [0.15, 0.2) is 47.8 Å². The summed E-state index contributed by atoms with van der Waals surface area (Å²) in [7, 11) is 0. The molecule has 1 saturated heterocycles. The average Bonchev–Trinajstić information content (AvgIpc) is 3.23. The zero-order valence-corrected chi connectivity index (χ0v) is 16.3. The second-order valence-electron chi connectivity index (χ2n) is 6.47. The summed E-state index contributed by atoms with van der Waals surface area (Å²) in [6.07, 6.45) is -0.496. The number of nitrogens with one attached hydrogen (secondary N) is 1. The van der Waals surface area contributed by atoms with Crippen LogP contribution in [-0.2, 0) is 4.79 Å². The molecule has 1 fully saturated rings. The number of rotatable bonds is 7. The molecule has 0 bridgehead atoms. The Morgan fingerprint density at radius 3 is 2.52 bits per heavy atom. The number of benzene rings is 1. The van der Waals surface area contributed by atoms with E-state index in [2.05, 4.69) is 10.2 Å². The van der Waals surface area contributed by atoms with Gasteiger partial charge in [0.2, 0.25) is 0 Å². The molecule has 1 aromatic heterocycles. The Bertz CT molecular complexity index is 728. The average molecular weight is 388 g/mol. The van der Waals surface area contributed by atoms with Gasteiger partial charge in [0.05, 0.1) is 4.88 Å². The van der Waals surface area contributed by atoms with E-state index in [-0.39, 0.29) is 11.8 Å². The first-order valence-corrected chi connectivity index (χ1v) is 10.1. The number of hydrogen-bond donors (Lipinski definition) is 1. The van der Waals surface area contributed by atoms with Crippen molar-refractivity contribution in [2.24, 2.45) is 0 Å². The predicted octanol–water partition coefficient (Wildman–Crippen LogP) is 2.09. The topological polar surface area (TPSA) is 61.9 Å². The first kappa shape index (κ1) is 19.4. The summed E-state index contributed by atoms with van der Waals surface area (Å²) in [4.78, 5) is 29.4.